The average molecular weight is 518 g/mol. The van der Waals surface area contributed by atoms with Crippen molar-refractivity contribution in [3.8, 4) is 34.1 Å². The van der Waals surface area contributed by atoms with Gasteiger partial charge in [0.1, 0.15) is 17.6 Å². The molecule has 0 radical (unpaired) electrons. The zero-order valence-corrected chi connectivity index (χ0v) is 20.8. The lowest BCUT2D eigenvalue weighted by Gasteiger charge is -2.16. The highest BCUT2D eigenvalue weighted by Crippen LogP contribution is 2.43. The minimum Gasteiger partial charge on any atom is -0.497 e. The van der Waals surface area contributed by atoms with Gasteiger partial charge in [0.05, 0.1) is 18.7 Å². The number of benzene rings is 2. The van der Waals surface area contributed by atoms with Gasteiger partial charge in [-0.2, -0.15) is 5.26 Å². The van der Waals surface area contributed by atoms with Crippen molar-refractivity contribution < 1.29 is 28.4 Å². The molecule has 2 aromatic carbocycles. The second-order valence-electron chi connectivity index (χ2n) is 8.08. The molecule has 0 aliphatic rings. The molecule has 2 aromatic heterocycles. The summed E-state index contributed by atoms with van der Waals surface area (Å²) in [5.74, 6) is 0.142. The predicted octanol–water partition coefficient (Wildman–Crippen LogP) is 5.00. The van der Waals surface area contributed by atoms with E-state index in [-0.39, 0.29) is 5.91 Å². The van der Waals surface area contributed by atoms with Gasteiger partial charge in [-0.3, -0.25) is 9.32 Å². The van der Waals surface area contributed by atoms with Crippen LogP contribution in [0, 0.1) is 11.3 Å². The number of aromatic nitrogens is 2. The third kappa shape index (κ3) is 5.77. The summed E-state index contributed by atoms with van der Waals surface area (Å²) in [5.41, 5.74) is 4.18. The average Bonchev–Trinajstić information content (AvgIpc) is 3.26. The Morgan fingerprint density at radius 1 is 1.22 bits per heavy atom. The van der Waals surface area contributed by atoms with Crippen molar-refractivity contribution in [1.82, 2.24) is 9.55 Å². The van der Waals surface area contributed by atoms with Gasteiger partial charge < -0.3 is 24.4 Å². The first-order valence-electron chi connectivity index (χ1n) is 11.0. The number of hydrogen-bond donors (Lipinski definition) is 3. The van der Waals surface area contributed by atoms with Crippen LogP contribution < -0.4 is 10.1 Å². The number of phosphoric ester groups is 1. The molecule has 188 valence electrons. The van der Waals surface area contributed by atoms with E-state index in [1.165, 1.54) is 18.6 Å². The number of nitrogens with zero attached hydrogens (tertiary/aromatic N) is 3. The van der Waals surface area contributed by atoms with Crippen LogP contribution in [0.3, 0.4) is 0 Å². The minimum absolute atomic E-state index is 0.372. The molecular weight excluding hydrogens is 495 g/mol. The first kappa shape index (κ1) is 25.8. The van der Waals surface area contributed by atoms with Crippen LogP contribution in [0.1, 0.15) is 18.7 Å². The molecule has 0 saturated carbocycles. The van der Waals surface area contributed by atoms with E-state index in [4.69, 9.17) is 9.26 Å². The molecule has 0 bridgehead atoms. The molecule has 4 aromatic rings. The molecule has 0 spiro atoms. The second kappa shape index (κ2) is 10.4. The van der Waals surface area contributed by atoms with Crippen molar-refractivity contribution in [2.45, 2.75) is 13.2 Å². The number of pyridine rings is 1. The van der Waals surface area contributed by atoms with Gasteiger partial charge in [0.15, 0.2) is 0 Å². The highest BCUT2D eigenvalue weighted by Gasteiger charge is 2.23. The van der Waals surface area contributed by atoms with Gasteiger partial charge in [0.25, 0.3) is 0 Å². The van der Waals surface area contributed by atoms with Crippen LogP contribution in [0.2, 0.25) is 0 Å². The SMILES string of the molecule is C=CC(=O)Nc1cc(OC)cc(-c2cnc3c(c2)c(-c2cccc(C#N)c2)cn3C(C)OP(=O)(O)O)c1. The zero-order chi connectivity index (χ0) is 26.7. The summed E-state index contributed by atoms with van der Waals surface area (Å²) in [6, 6.07) is 16.2. The molecule has 10 nitrogen and oxygen atoms in total. The number of fused-ring (bicyclic) bond motifs is 1. The molecule has 11 heteroatoms. The summed E-state index contributed by atoms with van der Waals surface area (Å²) >= 11 is 0. The lowest BCUT2D eigenvalue weighted by Crippen LogP contribution is -2.08. The number of carbonyl (C=O) groups excluding carboxylic acids is 1. The Morgan fingerprint density at radius 2 is 2.00 bits per heavy atom. The van der Waals surface area contributed by atoms with E-state index in [9.17, 15) is 24.4 Å². The molecule has 1 atom stereocenters. The molecule has 3 N–H and O–H groups in total. The molecule has 4 rings (SSSR count). The van der Waals surface area contributed by atoms with Gasteiger partial charge in [0, 0.05) is 40.7 Å². The topological polar surface area (TPSA) is 147 Å². The van der Waals surface area contributed by atoms with E-state index >= 15 is 0 Å². The van der Waals surface area contributed by atoms with E-state index in [0.29, 0.717) is 44.7 Å². The number of rotatable bonds is 8. The molecule has 0 aliphatic carbocycles. The summed E-state index contributed by atoms with van der Waals surface area (Å²) in [6.07, 6.45) is 3.41. The molecule has 37 heavy (non-hydrogen) atoms. The third-order valence-corrected chi connectivity index (χ3v) is 6.16. The van der Waals surface area contributed by atoms with Crippen molar-refractivity contribution in [2.75, 3.05) is 12.4 Å². The van der Waals surface area contributed by atoms with Crippen molar-refractivity contribution in [1.29, 1.82) is 5.26 Å². The number of nitrogens with one attached hydrogen (secondary N) is 1. The van der Waals surface area contributed by atoms with Gasteiger partial charge in [-0.1, -0.05) is 18.7 Å². The fourth-order valence-corrected chi connectivity index (χ4v) is 4.45. The van der Waals surface area contributed by atoms with Gasteiger partial charge in [0.2, 0.25) is 5.91 Å². The van der Waals surface area contributed by atoms with Crippen molar-refractivity contribution in [3.63, 3.8) is 0 Å². The molecule has 1 amide bonds. The van der Waals surface area contributed by atoms with E-state index < -0.39 is 14.1 Å². The first-order chi connectivity index (χ1) is 17.6. The minimum atomic E-state index is -4.77. The fraction of sp³-hybridized carbons (Fsp3) is 0.115. The zero-order valence-electron chi connectivity index (χ0n) is 20.0. The van der Waals surface area contributed by atoms with E-state index in [1.807, 2.05) is 12.1 Å². The molecule has 0 fully saturated rings. The summed E-state index contributed by atoms with van der Waals surface area (Å²) in [5, 5.41) is 12.8. The number of methoxy groups -OCH3 is 1. The van der Waals surface area contributed by atoms with Gasteiger partial charge in [-0.05, 0) is 54.5 Å². The van der Waals surface area contributed by atoms with Crippen LogP contribution in [-0.2, 0) is 13.9 Å². The Hall–Kier alpha value is -4.26. The van der Waals surface area contributed by atoms with Crippen LogP contribution in [0.4, 0.5) is 5.69 Å². The van der Waals surface area contributed by atoms with Crippen LogP contribution in [0.15, 0.2) is 73.6 Å². The highest BCUT2D eigenvalue weighted by atomic mass is 31.2. The highest BCUT2D eigenvalue weighted by molar-refractivity contribution is 7.46. The number of nitriles is 1. The van der Waals surface area contributed by atoms with E-state index in [0.717, 1.165) is 11.6 Å². The summed E-state index contributed by atoms with van der Waals surface area (Å²) in [7, 11) is -3.26. The maximum Gasteiger partial charge on any atom is 0.471 e. The number of hydrogen-bond acceptors (Lipinski definition) is 6. The van der Waals surface area contributed by atoms with Gasteiger partial charge in [-0.15, -0.1) is 0 Å². The third-order valence-electron chi connectivity index (χ3n) is 5.58. The lowest BCUT2D eigenvalue weighted by molar-refractivity contribution is -0.111. The quantitative estimate of drug-likeness (QED) is 0.218. The van der Waals surface area contributed by atoms with Crippen LogP contribution >= 0.6 is 7.82 Å². The van der Waals surface area contributed by atoms with Gasteiger partial charge in [-0.25, -0.2) is 9.55 Å². The van der Waals surface area contributed by atoms with E-state index in [1.54, 1.807) is 48.8 Å². The van der Waals surface area contributed by atoms with Crippen LogP contribution in [-0.4, -0.2) is 32.4 Å². The second-order valence-corrected chi connectivity index (χ2v) is 9.27. The Balaban J connectivity index is 1.91. The van der Waals surface area contributed by atoms with Crippen molar-refractivity contribution in [2.24, 2.45) is 0 Å². The fourth-order valence-electron chi connectivity index (χ4n) is 3.95. The number of anilines is 1. The van der Waals surface area contributed by atoms with Gasteiger partial charge >= 0.3 is 7.82 Å². The summed E-state index contributed by atoms with van der Waals surface area (Å²) < 4.78 is 23.3. The molecule has 0 aliphatic heterocycles. The van der Waals surface area contributed by atoms with Crippen molar-refractivity contribution in [3.05, 3.63) is 79.1 Å². The lowest BCUT2D eigenvalue weighted by atomic mass is 10.0. The molecule has 1 unspecified atom stereocenters. The summed E-state index contributed by atoms with van der Waals surface area (Å²) in [6.45, 7) is 4.97. The Kier molecular flexibility index (Phi) is 7.25. The standard InChI is InChI=1S/C26H23N4O6P/c1-4-25(31)29-21-9-19(10-22(12-21)35-3)20-11-23-24(18-7-5-6-17(8-18)13-27)15-30(26(23)28-14-20)16(2)36-37(32,33)34/h4-12,14-16H,1H2,2-3H3,(H,29,31)(H2,32,33,34). The van der Waals surface area contributed by atoms with Crippen molar-refractivity contribution >= 4 is 30.5 Å². The number of carbonyl (C=O) groups is 1. The maximum absolute atomic E-state index is 11.8. The van der Waals surface area contributed by atoms with E-state index in [2.05, 4.69) is 22.9 Å². The Morgan fingerprint density at radius 3 is 2.68 bits per heavy atom. The van der Waals surface area contributed by atoms with Crippen LogP contribution in [0.25, 0.3) is 33.3 Å². The van der Waals surface area contributed by atoms with Crippen LogP contribution in [0.5, 0.6) is 5.75 Å². The number of amides is 1. The molecular formula is C26H23N4O6P. The predicted molar refractivity (Wildman–Crippen MR) is 139 cm³/mol. The number of ether oxygens (including phenoxy) is 1. The first-order valence-corrected chi connectivity index (χ1v) is 12.5. The Labute approximate surface area is 212 Å². The Bertz CT molecular complexity index is 1600. The number of phosphoric acid groups is 1. The normalized spacial score (nSPS) is 12.1. The molecule has 2 heterocycles. The smallest absolute Gasteiger partial charge is 0.471 e. The maximum atomic E-state index is 11.8. The summed E-state index contributed by atoms with van der Waals surface area (Å²) in [4.78, 5) is 35.1. The largest absolute Gasteiger partial charge is 0.497 e. The monoisotopic (exact) mass is 518 g/mol. The molecule has 0 saturated heterocycles.